The molecule has 0 radical (unpaired) electrons. The molecule has 0 saturated carbocycles. The fraction of sp³-hybridized carbons (Fsp3) is 0.484. The lowest BCUT2D eigenvalue weighted by Gasteiger charge is -2.55. The van der Waals surface area contributed by atoms with Gasteiger partial charge in [0.15, 0.2) is 0 Å². The predicted molar refractivity (Wildman–Crippen MR) is 152 cm³/mol. The van der Waals surface area contributed by atoms with Crippen molar-refractivity contribution in [3.8, 4) is 6.07 Å². The fourth-order valence-electron chi connectivity index (χ4n) is 6.97. The molecule has 0 amide bonds. The van der Waals surface area contributed by atoms with Crippen molar-refractivity contribution < 1.29 is 9.47 Å². The van der Waals surface area contributed by atoms with Gasteiger partial charge in [0.1, 0.15) is 11.7 Å². The molecule has 2 aromatic carbocycles. The molecule has 0 unspecified atom stereocenters. The summed E-state index contributed by atoms with van der Waals surface area (Å²) in [6.07, 6.45) is 3.11. The van der Waals surface area contributed by atoms with Crippen LogP contribution in [0.15, 0.2) is 48.7 Å². The Kier molecular flexibility index (Phi) is 6.40. The highest BCUT2D eigenvalue weighted by atomic mass is 16.5. The van der Waals surface area contributed by atoms with Crippen LogP contribution < -0.4 is 15.1 Å². The summed E-state index contributed by atoms with van der Waals surface area (Å²) >= 11 is 0. The minimum absolute atomic E-state index is 0.0926. The van der Waals surface area contributed by atoms with E-state index in [4.69, 9.17) is 9.47 Å². The highest BCUT2D eigenvalue weighted by Crippen LogP contribution is 2.34. The number of likely N-dealkylation sites (tertiary alicyclic amines) is 1. The Hall–Kier alpha value is -3.22. The summed E-state index contributed by atoms with van der Waals surface area (Å²) in [6.45, 7) is 11.3. The van der Waals surface area contributed by atoms with Crippen LogP contribution in [-0.2, 0) is 22.4 Å². The van der Waals surface area contributed by atoms with Gasteiger partial charge in [-0.05, 0) is 67.4 Å². The van der Waals surface area contributed by atoms with Gasteiger partial charge in [0.2, 0.25) is 0 Å². The largest absolute Gasteiger partial charge is 0.370 e. The zero-order valence-electron chi connectivity index (χ0n) is 22.6. The van der Waals surface area contributed by atoms with Crippen LogP contribution in [0.2, 0.25) is 0 Å². The van der Waals surface area contributed by atoms with Crippen molar-refractivity contribution in [2.45, 2.75) is 37.7 Å². The van der Waals surface area contributed by atoms with Gasteiger partial charge < -0.3 is 24.6 Å². The standard InChI is InChI=1S/C31H36N6O2/c1-22-16-37(29-7-5-24(14-32)30-28(29)3-2-9-34-30)18-27(39-22)17-35-19-31(20-35)21-36(11-12-38-31)26-6-4-25-15-33-10-8-23(25)13-26/h2-7,9,13,22,27,33H,8,10-12,15-21H2,1H3/t22-,27+/m1/s1. The zero-order chi connectivity index (χ0) is 26.4. The molecule has 0 aliphatic carbocycles. The highest BCUT2D eigenvalue weighted by Gasteiger charge is 2.48. The van der Waals surface area contributed by atoms with Crippen molar-refractivity contribution in [2.75, 3.05) is 68.8 Å². The van der Waals surface area contributed by atoms with Crippen LogP contribution in [0, 0.1) is 11.3 Å². The van der Waals surface area contributed by atoms with Gasteiger partial charge in [-0.25, -0.2) is 0 Å². The Morgan fingerprint density at radius 3 is 2.92 bits per heavy atom. The number of nitriles is 1. The van der Waals surface area contributed by atoms with Crippen LogP contribution in [0.4, 0.5) is 11.4 Å². The SMILES string of the molecule is C[C@@H]1CN(c2ccc(C#N)c3ncccc23)C[C@H](CN2CC3(C2)CN(c2ccc4c(c2)CCNC4)CCO3)O1. The Labute approximate surface area is 230 Å². The maximum absolute atomic E-state index is 9.54. The molecule has 202 valence electrons. The van der Waals surface area contributed by atoms with Crippen LogP contribution in [0.3, 0.4) is 0 Å². The molecule has 8 nitrogen and oxygen atoms in total. The molecule has 3 aromatic rings. The molecule has 1 aromatic heterocycles. The number of nitrogens with zero attached hydrogens (tertiary/aromatic N) is 5. The number of morpholine rings is 2. The average molecular weight is 525 g/mol. The van der Waals surface area contributed by atoms with Gasteiger partial charge in [-0.2, -0.15) is 5.26 Å². The number of aromatic nitrogens is 1. The molecular formula is C31H36N6O2. The quantitative estimate of drug-likeness (QED) is 0.559. The van der Waals surface area contributed by atoms with Crippen molar-refractivity contribution in [2.24, 2.45) is 0 Å². The lowest BCUT2D eigenvalue weighted by atomic mass is 9.90. The van der Waals surface area contributed by atoms with Crippen LogP contribution >= 0.6 is 0 Å². The van der Waals surface area contributed by atoms with Crippen molar-refractivity contribution in [3.05, 3.63) is 65.4 Å². The number of hydrogen-bond donors (Lipinski definition) is 1. The zero-order valence-corrected chi connectivity index (χ0v) is 22.6. The van der Waals surface area contributed by atoms with E-state index in [1.165, 1.54) is 16.8 Å². The van der Waals surface area contributed by atoms with Gasteiger partial charge in [-0.15, -0.1) is 0 Å². The van der Waals surface area contributed by atoms with E-state index < -0.39 is 0 Å². The number of benzene rings is 2. The van der Waals surface area contributed by atoms with Gasteiger partial charge in [0, 0.05) is 75.3 Å². The van der Waals surface area contributed by atoms with E-state index in [-0.39, 0.29) is 17.8 Å². The maximum atomic E-state index is 9.54. The van der Waals surface area contributed by atoms with Gasteiger partial charge in [0.25, 0.3) is 0 Å². The van der Waals surface area contributed by atoms with E-state index in [0.717, 1.165) is 88.5 Å². The first-order chi connectivity index (χ1) is 19.1. The molecule has 3 fully saturated rings. The lowest BCUT2D eigenvalue weighted by Crippen LogP contribution is -2.71. The summed E-state index contributed by atoms with van der Waals surface area (Å²) in [4.78, 5) is 11.9. The number of hydrogen-bond acceptors (Lipinski definition) is 8. The van der Waals surface area contributed by atoms with E-state index in [1.807, 2.05) is 12.1 Å². The topological polar surface area (TPSA) is 76.9 Å². The molecule has 1 spiro atoms. The van der Waals surface area contributed by atoms with Crippen LogP contribution in [0.25, 0.3) is 10.9 Å². The summed E-state index contributed by atoms with van der Waals surface area (Å²) in [5.41, 5.74) is 6.68. The van der Waals surface area contributed by atoms with Crippen molar-refractivity contribution >= 4 is 22.3 Å². The summed E-state index contributed by atoms with van der Waals surface area (Å²) in [6, 6.07) is 17.2. The Balaban J connectivity index is 1.01. The van der Waals surface area contributed by atoms with Crippen molar-refractivity contribution in [3.63, 3.8) is 0 Å². The molecule has 7 rings (SSSR count). The van der Waals surface area contributed by atoms with Gasteiger partial charge in [-0.3, -0.25) is 9.88 Å². The lowest BCUT2D eigenvalue weighted by molar-refractivity contribution is -0.161. The second kappa shape index (κ2) is 10.1. The molecular weight excluding hydrogens is 488 g/mol. The van der Waals surface area contributed by atoms with Crippen LogP contribution in [-0.4, -0.2) is 86.7 Å². The van der Waals surface area contributed by atoms with E-state index in [2.05, 4.69) is 68.3 Å². The molecule has 5 heterocycles. The molecule has 2 atom stereocenters. The summed E-state index contributed by atoms with van der Waals surface area (Å²) in [5, 5.41) is 14.0. The third-order valence-electron chi connectivity index (χ3n) is 8.71. The molecule has 1 N–H and O–H groups in total. The number of fused-ring (bicyclic) bond motifs is 2. The third kappa shape index (κ3) is 4.74. The third-order valence-corrected chi connectivity index (χ3v) is 8.71. The number of pyridine rings is 1. The molecule has 3 saturated heterocycles. The molecule has 4 aliphatic heterocycles. The second-order valence-electron chi connectivity index (χ2n) is 11.6. The highest BCUT2D eigenvalue weighted by molar-refractivity contribution is 5.95. The maximum Gasteiger partial charge on any atom is 0.111 e. The number of anilines is 2. The predicted octanol–water partition coefficient (Wildman–Crippen LogP) is 2.94. The van der Waals surface area contributed by atoms with Crippen LogP contribution in [0.5, 0.6) is 0 Å². The summed E-state index contributed by atoms with van der Waals surface area (Å²) < 4.78 is 12.8. The first-order valence-electron chi connectivity index (χ1n) is 14.2. The Bertz CT molecular complexity index is 1410. The van der Waals surface area contributed by atoms with E-state index in [1.54, 1.807) is 6.20 Å². The fourth-order valence-corrected chi connectivity index (χ4v) is 6.97. The average Bonchev–Trinajstić information content (AvgIpc) is 2.95. The van der Waals surface area contributed by atoms with E-state index in [0.29, 0.717) is 5.56 Å². The smallest absolute Gasteiger partial charge is 0.111 e. The molecule has 0 bridgehead atoms. The Morgan fingerprint density at radius 1 is 1.10 bits per heavy atom. The van der Waals surface area contributed by atoms with Gasteiger partial charge >= 0.3 is 0 Å². The van der Waals surface area contributed by atoms with Gasteiger partial charge in [0.05, 0.1) is 29.9 Å². The minimum atomic E-state index is -0.0926. The summed E-state index contributed by atoms with van der Waals surface area (Å²) in [5.74, 6) is 0. The second-order valence-corrected chi connectivity index (χ2v) is 11.6. The van der Waals surface area contributed by atoms with E-state index >= 15 is 0 Å². The number of nitrogens with one attached hydrogen (secondary N) is 1. The van der Waals surface area contributed by atoms with E-state index in [9.17, 15) is 5.26 Å². The molecule has 39 heavy (non-hydrogen) atoms. The van der Waals surface area contributed by atoms with Gasteiger partial charge in [-0.1, -0.05) is 6.07 Å². The van der Waals surface area contributed by atoms with Crippen molar-refractivity contribution in [1.82, 2.24) is 15.2 Å². The molecule has 8 heteroatoms. The van der Waals surface area contributed by atoms with Crippen molar-refractivity contribution in [1.29, 1.82) is 5.26 Å². The number of ether oxygens (including phenoxy) is 2. The first kappa shape index (κ1) is 24.8. The molecule has 4 aliphatic rings. The summed E-state index contributed by atoms with van der Waals surface area (Å²) in [7, 11) is 0. The van der Waals surface area contributed by atoms with Crippen LogP contribution in [0.1, 0.15) is 23.6 Å². The normalized spacial score (nSPS) is 24.8. The number of rotatable bonds is 4. The minimum Gasteiger partial charge on any atom is -0.370 e. The monoisotopic (exact) mass is 524 g/mol. The first-order valence-corrected chi connectivity index (χ1v) is 14.2. The Morgan fingerprint density at radius 2 is 2.03 bits per heavy atom.